The van der Waals surface area contributed by atoms with Crippen molar-refractivity contribution in [1.29, 1.82) is 0 Å². The number of piperidine rings is 1. The van der Waals surface area contributed by atoms with Crippen LogP contribution in [0.3, 0.4) is 0 Å². The van der Waals surface area contributed by atoms with E-state index in [1.807, 2.05) is 30.3 Å². The van der Waals surface area contributed by atoms with Gasteiger partial charge in [-0.2, -0.15) is 0 Å². The maximum absolute atomic E-state index is 10.8. The molecule has 3 rings (SSSR count). The summed E-state index contributed by atoms with van der Waals surface area (Å²) in [6.07, 6.45) is 3.91. The van der Waals surface area contributed by atoms with Crippen LogP contribution >= 0.6 is 0 Å². The third-order valence-corrected chi connectivity index (χ3v) is 5.33. The molecule has 2 atom stereocenters. The smallest absolute Gasteiger partial charge is 0.196 e. The first-order valence-corrected chi connectivity index (χ1v) is 9.12. The molecule has 0 saturated carbocycles. The van der Waals surface area contributed by atoms with Gasteiger partial charge < -0.3 is 20.1 Å². The average Bonchev–Trinajstić information content (AvgIpc) is 2.97. The summed E-state index contributed by atoms with van der Waals surface area (Å²) in [6, 6.07) is 10.0. The molecular weight excluding hydrogens is 300 g/mol. The molecule has 132 valence electrons. The van der Waals surface area contributed by atoms with E-state index in [1.165, 1.54) is 25.7 Å². The van der Waals surface area contributed by atoms with E-state index in [4.69, 9.17) is 4.74 Å². The molecule has 1 spiro atoms. The fourth-order valence-electron chi connectivity index (χ4n) is 4.19. The number of likely N-dealkylation sites (tertiary alicyclic amines) is 1. The van der Waals surface area contributed by atoms with Gasteiger partial charge in [-0.15, -0.1) is 0 Å². The van der Waals surface area contributed by atoms with Crippen molar-refractivity contribution in [3.8, 4) is 0 Å². The van der Waals surface area contributed by atoms with Crippen LogP contribution in [0.15, 0.2) is 41.6 Å². The van der Waals surface area contributed by atoms with Crippen molar-refractivity contribution in [3.05, 3.63) is 47.2 Å². The highest BCUT2D eigenvalue weighted by Crippen LogP contribution is 2.39. The number of hydrogen-bond donors (Lipinski definition) is 2. The third-order valence-electron chi connectivity index (χ3n) is 5.33. The van der Waals surface area contributed by atoms with E-state index < -0.39 is 6.29 Å². The van der Waals surface area contributed by atoms with Gasteiger partial charge in [0, 0.05) is 13.1 Å². The Hall–Kier alpha value is -1.36. The minimum Gasteiger partial charge on any atom is -0.364 e. The molecule has 0 bridgehead atoms. The lowest BCUT2D eigenvalue weighted by molar-refractivity contribution is -0.103. The number of hydrogen-bond acceptors (Lipinski definition) is 4. The molecule has 0 amide bonds. The van der Waals surface area contributed by atoms with Gasteiger partial charge in [0.25, 0.3) is 0 Å². The van der Waals surface area contributed by atoms with Crippen molar-refractivity contribution in [1.82, 2.24) is 10.2 Å². The Morgan fingerprint density at radius 2 is 2.00 bits per heavy atom. The number of benzene rings is 1. The zero-order chi connectivity index (χ0) is 17.0. The predicted octanol–water partition coefficient (Wildman–Crippen LogP) is 3.03. The van der Waals surface area contributed by atoms with Gasteiger partial charge in [0.05, 0.1) is 17.8 Å². The lowest BCUT2D eigenvalue weighted by atomic mass is 9.87. The standard InChI is InChI=1S/C20H30N2O2/c1-16(2)18(19(23)24-14-17-8-4-3-5-9-17)22-13-7-11-20(22)10-6-12-21-15-20/h3-5,8-9,19,21,23H,6-7,10-15H2,1-2H3/t19?,20-/m0/s1. The number of aliphatic hydroxyl groups excluding tert-OH is 1. The maximum Gasteiger partial charge on any atom is 0.196 e. The van der Waals surface area contributed by atoms with Gasteiger partial charge in [-0.1, -0.05) is 35.9 Å². The van der Waals surface area contributed by atoms with Crippen LogP contribution in [0, 0.1) is 0 Å². The minimum absolute atomic E-state index is 0.155. The number of rotatable bonds is 5. The second kappa shape index (κ2) is 7.68. The van der Waals surface area contributed by atoms with Gasteiger partial charge in [0.2, 0.25) is 0 Å². The minimum atomic E-state index is -0.868. The van der Waals surface area contributed by atoms with E-state index in [0.717, 1.165) is 36.5 Å². The Balaban J connectivity index is 1.73. The molecule has 4 heteroatoms. The highest BCUT2D eigenvalue weighted by Gasteiger charge is 2.44. The van der Waals surface area contributed by atoms with Crippen molar-refractivity contribution in [2.75, 3.05) is 19.6 Å². The molecule has 0 aromatic heterocycles. The number of nitrogens with zero attached hydrogens (tertiary/aromatic N) is 1. The van der Waals surface area contributed by atoms with Crippen molar-refractivity contribution in [2.45, 2.75) is 58.0 Å². The van der Waals surface area contributed by atoms with Crippen LogP contribution in [0.5, 0.6) is 0 Å². The zero-order valence-corrected chi connectivity index (χ0v) is 14.9. The number of nitrogens with one attached hydrogen (secondary N) is 1. The Morgan fingerprint density at radius 3 is 2.67 bits per heavy atom. The molecule has 2 heterocycles. The van der Waals surface area contributed by atoms with Gasteiger partial charge >= 0.3 is 0 Å². The summed E-state index contributed by atoms with van der Waals surface area (Å²) in [5.74, 6) is 0. The van der Waals surface area contributed by atoms with Crippen molar-refractivity contribution < 1.29 is 9.84 Å². The molecule has 1 aromatic rings. The van der Waals surface area contributed by atoms with Gasteiger partial charge in [0.15, 0.2) is 6.29 Å². The van der Waals surface area contributed by atoms with E-state index in [2.05, 4.69) is 24.1 Å². The average molecular weight is 330 g/mol. The van der Waals surface area contributed by atoms with Crippen LogP contribution in [0.2, 0.25) is 0 Å². The second-order valence-corrected chi connectivity index (χ2v) is 7.29. The largest absolute Gasteiger partial charge is 0.364 e. The van der Waals surface area contributed by atoms with Gasteiger partial charge in [0.1, 0.15) is 0 Å². The molecule has 0 radical (unpaired) electrons. The summed E-state index contributed by atoms with van der Waals surface area (Å²) < 4.78 is 5.83. The number of aliphatic hydroxyl groups is 1. The first-order valence-electron chi connectivity index (χ1n) is 9.12. The molecule has 2 saturated heterocycles. The van der Waals surface area contributed by atoms with Crippen molar-refractivity contribution >= 4 is 0 Å². The van der Waals surface area contributed by atoms with Gasteiger partial charge in [-0.05, 0) is 51.6 Å². The summed E-state index contributed by atoms with van der Waals surface area (Å²) in [7, 11) is 0. The van der Waals surface area contributed by atoms with E-state index in [9.17, 15) is 5.11 Å². The van der Waals surface area contributed by atoms with Gasteiger partial charge in [-0.3, -0.25) is 0 Å². The maximum atomic E-state index is 10.8. The molecule has 24 heavy (non-hydrogen) atoms. The topological polar surface area (TPSA) is 44.7 Å². The van der Waals surface area contributed by atoms with Gasteiger partial charge in [-0.25, -0.2) is 0 Å². The fraction of sp³-hybridized carbons (Fsp3) is 0.600. The van der Waals surface area contributed by atoms with Crippen LogP contribution in [0.1, 0.15) is 45.1 Å². The Labute approximate surface area is 145 Å². The molecular formula is C20H30N2O2. The molecule has 2 fully saturated rings. The summed E-state index contributed by atoms with van der Waals surface area (Å²) >= 11 is 0. The highest BCUT2D eigenvalue weighted by molar-refractivity contribution is 5.19. The van der Waals surface area contributed by atoms with Crippen LogP contribution in [0.25, 0.3) is 0 Å². The fourth-order valence-corrected chi connectivity index (χ4v) is 4.19. The molecule has 0 aliphatic carbocycles. The Bertz CT molecular complexity index is 560. The molecule has 1 aromatic carbocycles. The third kappa shape index (κ3) is 3.66. The van der Waals surface area contributed by atoms with Crippen LogP contribution in [-0.4, -0.2) is 41.5 Å². The molecule has 4 nitrogen and oxygen atoms in total. The first kappa shape index (κ1) is 17.5. The highest BCUT2D eigenvalue weighted by atomic mass is 16.6. The molecule has 2 aliphatic rings. The van der Waals surface area contributed by atoms with Crippen LogP contribution < -0.4 is 5.32 Å². The summed E-state index contributed by atoms with van der Waals surface area (Å²) in [5.41, 5.74) is 3.34. The van der Waals surface area contributed by atoms with Crippen molar-refractivity contribution in [2.24, 2.45) is 0 Å². The van der Waals surface area contributed by atoms with Crippen LogP contribution in [0.4, 0.5) is 0 Å². The Kier molecular flexibility index (Phi) is 5.59. The van der Waals surface area contributed by atoms with E-state index >= 15 is 0 Å². The predicted molar refractivity (Wildman–Crippen MR) is 96.4 cm³/mol. The zero-order valence-electron chi connectivity index (χ0n) is 14.9. The lowest BCUT2D eigenvalue weighted by Gasteiger charge is -2.45. The number of allylic oxidation sites excluding steroid dienone is 1. The molecule has 2 N–H and O–H groups in total. The SMILES string of the molecule is CC(C)=C(C(O)OCc1ccccc1)N1CCC[C@]12CCCNC2. The Morgan fingerprint density at radius 1 is 1.25 bits per heavy atom. The van der Waals surface area contributed by atoms with E-state index in [1.54, 1.807) is 0 Å². The van der Waals surface area contributed by atoms with E-state index in [-0.39, 0.29) is 5.54 Å². The lowest BCUT2D eigenvalue weighted by Crippen LogP contribution is -2.55. The molecule has 2 aliphatic heterocycles. The first-order chi connectivity index (χ1) is 11.6. The summed E-state index contributed by atoms with van der Waals surface area (Å²) in [4.78, 5) is 2.43. The summed E-state index contributed by atoms with van der Waals surface area (Å²) in [6.45, 7) is 7.70. The van der Waals surface area contributed by atoms with E-state index in [0.29, 0.717) is 6.61 Å². The number of ether oxygens (including phenoxy) is 1. The summed E-state index contributed by atoms with van der Waals surface area (Å²) in [5, 5.41) is 14.3. The quantitative estimate of drug-likeness (QED) is 0.815. The van der Waals surface area contributed by atoms with Crippen LogP contribution in [-0.2, 0) is 11.3 Å². The second-order valence-electron chi connectivity index (χ2n) is 7.29. The monoisotopic (exact) mass is 330 g/mol. The molecule has 1 unspecified atom stereocenters. The normalized spacial score (nSPS) is 25.0. The van der Waals surface area contributed by atoms with Crippen molar-refractivity contribution in [3.63, 3.8) is 0 Å².